The van der Waals surface area contributed by atoms with Gasteiger partial charge in [-0.05, 0) is 38.9 Å². The molecule has 2 atom stereocenters. The fraction of sp³-hybridized carbons (Fsp3) is 0.562. The molecule has 0 bridgehead atoms. The molecule has 1 aromatic rings. The van der Waals surface area contributed by atoms with Gasteiger partial charge in [-0.15, -0.1) is 0 Å². The van der Waals surface area contributed by atoms with Crippen molar-refractivity contribution in [1.82, 2.24) is 10.2 Å². The second-order valence-electron chi connectivity index (χ2n) is 5.45. The van der Waals surface area contributed by atoms with Crippen LogP contribution in [-0.2, 0) is 4.79 Å². The van der Waals surface area contributed by atoms with Gasteiger partial charge in [-0.25, -0.2) is 0 Å². The zero-order valence-electron chi connectivity index (χ0n) is 11.9. The third-order valence-electron chi connectivity index (χ3n) is 3.98. The average molecular weight is 260 g/mol. The molecule has 0 saturated carbocycles. The SMILES string of the molecule is CNCCCC(=O)N1CC(c2ccccc2)CC1C. The number of benzene rings is 1. The largest absolute Gasteiger partial charge is 0.339 e. The molecule has 104 valence electrons. The van der Waals surface area contributed by atoms with Gasteiger partial charge in [0.1, 0.15) is 0 Å². The van der Waals surface area contributed by atoms with Gasteiger partial charge in [-0.2, -0.15) is 0 Å². The molecule has 1 aromatic carbocycles. The number of carbonyl (C=O) groups is 1. The van der Waals surface area contributed by atoms with Crippen molar-refractivity contribution in [2.75, 3.05) is 20.1 Å². The molecule has 3 nitrogen and oxygen atoms in total. The van der Waals surface area contributed by atoms with Crippen molar-refractivity contribution in [2.24, 2.45) is 0 Å². The van der Waals surface area contributed by atoms with Gasteiger partial charge in [0.15, 0.2) is 0 Å². The molecule has 1 saturated heterocycles. The molecule has 1 N–H and O–H groups in total. The highest BCUT2D eigenvalue weighted by Crippen LogP contribution is 2.31. The Hall–Kier alpha value is -1.35. The Morgan fingerprint density at radius 1 is 1.37 bits per heavy atom. The number of hydrogen-bond acceptors (Lipinski definition) is 2. The van der Waals surface area contributed by atoms with Crippen LogP contribution in [0.25, 0.3) is 0 Å². The second kappa shape index (κ2) is 6.71. The number of likely N-dealkylation sites (tertiary alicyclic amines) is 1. The van der Waals surface area contributed by atoms with E-state index in [9.17, 15) is 4.79 Å². The summed E-state index contributed by atoms with van der Waals surface area (Å²) in [5.41, 5.74) is 1.36. The predicted molar refractivity (Wildman–Crippen MR) is 78.1 cm³/mol. The first-order chi connectivity index (χ1) is 9.22. The first-order valence-corrected chi connectivity index (χ1v) is 7.21. The molecular formula is C16H24N2O. The highest BCUT2D eigenvalue weighted by atomic mass is 16.2. The van der Waals surface area contributed by atoms with Gasteiger partial charge < -0.3 is 10.2 Å². The minimum Gasteiger partial charge on any atom is -0.339 e. The molecule has 1 fully saturated rings. The van der Waals surface area contributed by atoms with Crippen molar-refractivity contribution in [1.29, 1.82) is 0 Å². The van der Waals surface area contributed by atoms with Gasteiger partial charge in [0.2, 0.25) is 5.91 Å². The van der Waals surface area contributed by atoms with Gasteiger partial charge in [0, 0.05) is 24.9 Å². The lowest BCUT2D eigenvalue weighted by molar-refractivity contribution is -0.131. The summed E-state index contributed by atoms with van der Waals surface area (Å²) in [4.78, 5) is 14.3. The molecule has 1 aliphatic heterocycles. The number of amides is 1. The Balaban J connectivity index is 1.92. The fourth-order valence-corrected chi connectivity index (χ4v) is 2.91. The van der Waals surface area contributed by atoms with Crippen LogP contribution in [0.15, 0.2) is 30.3 Å². The van der Waals surface area contributed by atoms with Crippen molar-refractivity contribution in [3.05, 3.63) is 35.9 Å². The third kappa shape index (κ3) is 3.57. The summed E-state index contributed by atoms with van der Waals surface area (Å²) in [6, 6.07) is 10.9. The van der Waals surface area contributed by atoms with Crippen molar-refractivity contribution in [3.63, 3.8) is 0 Å². The molecule has 0 aromatic heterocycles. The molecule has 1 amide bonds. The summed E-state index contributed by atoms with van der Waals surface area (Å²) in [5.74, 6) is 0.811. The molecule has 3 heteroatoms. The molecule has 0 aliphatic carbocycles. The Morgan fingerprint density at radius 3 is 2.79 bits per heavy atom. The van der Waals surface area contributed by atoms with E-state index in [2.05, 4.69) is 41.4 Å². The molecule has 19 heavy (non-hydrogen) atoms. The Bertz CT molecular complexity index is 404. The number of nitrogens with zero attached hydrogens (tertiary/aromatic N) is 1. The first kappa shape index (κ1) is 14.1. The van der Waals surface area contributed by atoms with E-state index in [0.717, 1.165) is 25.9 Å². The smallest absolute Gasteiger partial charge is 0.222 e. The van der Waals surface area contributed by atoms with E-state index in [-0.39, 0.29) is 0 Å². The zero-order chi connectivity index (χ0) is 13.7. The van der Waals surface area contributed by atoms with Crippen LogP contribution in [0, 0.1) is 0 Å². The highest BCUT2D eigenvalue weighted by Gasteiger charge is 2.32. The summed E-state index contributed by atoms with van der Waals surface area (Å²) in [5, 5.41) is 3.09. The number of hydrogen-bond donors (Lipinski definition) is 1. The van der Waals surface area contributed by atoms with Crippen molar-refractivity contribution >= 4 is 5.91 Å². The normalized spacial score (nSPS) is 22.7. The summed E-state index contributed by atoms with van der Waals surface area (Å²) in [7, 11) is 1.92. The van der Waals surface area contributed by atoms with Gasteiger partial charge in [0.05, 0.1) is 0 Å². The van der Waals surface area contributed by atoms with E-state index in [4.69, 9.17) is 0 Å². The lowest BCUT2D eigenvalue weighted by Crippen LogP contribution is -2.34. The summed E-state index contributed by atoms with van der Waals surface area (Å²) >= 11 is 0. The fourth-order valence-electron chi connectivity index (χ4n) is 2.91. The van der Waals surface area contributed by atoms with E-state index in [1.165, 1.54) is 5.56 Å². The van der Waals surface area contributed by atoms with E-state index in [1.807, 2.05) is 13.1 Å². The van der Waals surface area contributed by atoms with Crippen molar-refractivity contribution in [2.45, 2.75) is 38.1 Å². The van der Waals surface area contributed by atoms with Crippen LogP contribution in [0.2, 0.25) is 0 Å². The van der Waals surface area contributed by atoms with Crippen LogP contribution in [0.3, 0.4) is 0 Å². The van der Waals surface area contributed by atoms with Crippen LogP contribution >= 0.6 is 0 Å². The molecule has 1 heterocycles. The Morgan fingerprint density at radius 2 is 2.11 bits per heavy atom. The number of rotatable bonds is 5. The topological polar surface area (TPSA) is 32.3 Å². The molecule has 2 unspecified atom stereocenters. The standard InChI is InChI=1S/C16H24N2O/c1-13-11-15(14-7-4-3-5-8-14)12-18(13)16(19)9-6-10-17-2/h3-5,7-8,13,15,17H,6,9-12H2,1-2H3. The monoisotopic (exact) mass is 260 g/mol. The highest BCUT2D eigenvalue weighted by molar-refractivity contribution is 5.77. The van der Waals surface area contributed by atoms with E-state index in [0.29, 0.717) is 24.3 Å². The average Bonchev–Trinajstić information content (AvgIpc) is 2.82. The van der Waals surface area contributed by atoms with Crippen molar-refractivity contribution < 1.29 is 4.79 Å². The van der Waals surface area contributed by atoms with E-state index in [1.54, 1.807) is 0 Å². The van der Waals surface area contributed by atoms with Crippen LogP contribution in [-0.4, -0.2) is 37.0 Å². The van der Waals surface area contributed by atoms with Crippen LogP contribution in [0.1, 0.15) is 37.7 Å². The lowest BCUT2D eigenvalue weighted by atomic mass is 9.97. The second-order valence-corrected chi connectivity index (χ2v) is 5.45. The van der Waals surface area contributed by atoms with Crippen LogP contribution in [0.5, 0.6) is 0 Å². The van der Waals surface area contributed by atoms with E-state index >= 15 is 0 Å². The maximum Gasteiger partial charge on any atom is 0.222 e. The predicted octanol–water partition coefficient (Wildman–Crippen LogP) is 2.39. The third-order valence-corrected chi connectivity index (χ3v) is 3.98. The van der Waals surface area contributed by atoms with Gasteiger partial charge in [0.25, 0.3) is 0 Å². The Kier molecular flexibility index (Phi) is 4.97. The Labute approximate surface area is 116 Å². The lowest BCUT2D eigenvalue weighted by Gasteiger charge is -2.21. The summed E-state index contributed by atoms with van der Waals surface area (Å²) < 4.78 is 0. The molecule has 1 aliphatic rings. The maximum atomic E-state index is 12.2. The summed E-state index contributed by atoms with van der Waals surface area (Å²) in [6.45, 7) is 3.96. The van der Waals surface area contributed by atoms with Gasteiger partial charge in [-0.1, -0.05) is 30.3 Å². The molecule has 0 spiro atoms. The maximum absolute atomic E-state index is 12.2. The van der Waals surface area contributed by atoms with Gasteiger partial charge in [-0.3, -0.25) is 4.79 Å². The number of nitrogens with one attached hydrogen (secondary N) is 1. The van der Waals surface area contributed by atoms with Crippen LogP contribution in [0.4, 0.5) is 0 Å². The molecule has 2 rings (SSSR count). The quantitative estimate of drug-likeness (QED) is 0.824. The number of carbonyl (C=O) groups excluding carboxylic acids is 1. The summed E-state index contributed by atoms with van der Waals surface area (Å²) in [6.07, 6.45) is 2.67. The van der Waals surface area contributed by atoms with Crippen LogP contribution < -0.4 is 5.32 Å². The minimum atomic E-state index is 0.307. The molecular weight excluding hydrogens is 236 g/mol. The zero-order valence-corrected chi connectivity index (χ0v) is 11.9. The van der Waals surface area contributed by atoms with Gasteiger partial charge >= 0.3 is 0 Å². The minimum absolute atomic E-state index is 0.307. The first-order valence-electron chi connectivity index (χ1n) is 7.21. The van der Waals surface area contributed by atoms with Crippen molar-refractivity contribution in [3.8, 4) is 0 Å². The van der Waals surface area contributed by atoms with E-state index < -0.39 is 0 Å². The molecule has 0 radical (unpaired) electrons.